The molecule has 3 heterocycles. The monoisotopic (exact) mass is 616 g/mol. The van der Waals surface area contributed by atoms with Gasteiger partial charge in [-0.05, 0) is 56.2 Å². The van der Waals surface area contributed by atoms with Crippen molar-refractivity contribution in [1.29, 1.82) is 0 Å². The fourth-order valence-electron chi connectivity index (χ4n) is 5.81. The first-order valence-corrected chi connectivity index (χ1v) is 16.3. The molecule has 42 heavy (non-hydrogen) atoms. The number of aliphatic imine (C=N–C) groups is 1. The van der Waals surface area contributed by atoms with Crippen LogP contribution in [0.4, 0.5) is 4.39 Å². The quantitative estimate of drug-likeness (QED) is 0.336. The number of allylic oxidation sites excluding steroid dienone is 2. The molecular weight excluding hydrogens is 583 g/mol. The lowest BCUT2D eigenvalue weighted by molar-refractivity contribution is -0.142. The van der Waals surface area contributed by atoms with Gasteiger partial charge in [-0.25, -0.2) is 26.9 Å². The van der Waals surface area contributed by atoms with E-state index in [0.717, 1.165) is 5.57 Å². The van der Waals surface area contributed by atoms with Crippen molar-refractivity contribution in [1.82, 2.24) is 14.6 Å². The van der Waals surface area contributed by atoms with E-state index in [0.29, 0.717) is 59.8 Å². The van der Waals surface area contributed by atoms with Crippen LogP contribution < -0.4 is 5.32 Å². The Labute approximate surface area is 248 Å². The van der Waals surface area contributed by atoms with E-state index in [1.165, 1.54) is 28.8 Å². The number of aromatic nitrogens is 1. The molecule has 1 aliphatic carbocycles. The second-order valence-electron chi connectivity index (χ2n) is 10.7. The van der Waals surface area contributed by atoms with Gasteiger partial charge in [0.25, 0.3) is 0 Å². The molecule has 0 radical (unpaired) electrons. The number of piperidine rings is 1. The van der Waals surface area contributed by atoms with E-state index in [9.17, 15) is 27.5 Å². The van der Waals surface area contributed by atoms with Gasteiger partial charge in [-0.1, -0.05) is 23.8 Å². The molecule has 2 N–H and O–H groups in total. The number of ether oxygens (including phenoxy) is 1. The summed E-state index contributed by atoms with van der Waals surface area (Å²) < 4.78 is 47.9. The van der Waals surface area contributed by atoms with Gasteiger partial charge < -0.3 is 15.2 Å². The third-order valence-corrected chi connectivity index (χ3v) is 10.9. The molecule has 0 bridgehead atoms. The molecule has 1 aromatic carbocycles. The molecule has 0 amide bonds. The van der Waals surface area contributed by atoms with E-state index in [1.807, 2.05) is 5.38 Å². The van der Waals surface area contributed by atoms with Crippen molar-refractivity contribution in [2.75, 3.05) is 26.0 Å². The zero-order valence-corrected chi connectivity index (χ0v) is 25.0. The molecule has 10 nitrogen and oxygen atoms in total. The average molecular weight is 617 g/mol. The number of nitrogens with zero attached hydrogens (tertiary/aromatic N) is 3. The summed E-state index contributed by atoms with van der Waals surface area (Å²) in [7, 11) is -2.32. The molecule has 1 fully saturated rings. The van der Waals surface area contributed by atoms with Crippen LogP contribution in [0.5, 0.6) is 0 Å². The van der Waals surface area contributed by atoms with Gasteiger partial charge in [-0.2, -0.15) is 0 Å². The molecule has 0 saturated carbocycles. The number of carboxylic acid groups (broad SMARTS) is 1. The molecule has 224 valence electrons. The van der Waals surface area contributed by atoms with Crippen molar-refractivity contribution in [2.24, 2.45) is 16.8 Å². The summed E-state index contributed by atoms with van der Waals surface area (Å²) in [5.74, 6) is -2.20. The van der Waals surface area contributed by atoms with Crippen LogP contribution in [0.3, 0.4) is 0 Å². The highest BCUT2D eigenvalue weighted by Crippen LogP contribution is 2.39. The van der Waals surface area contributed by atoms with Gasteiger partial charge in [0.05, 0.1) is 24.4 Å². The Morgan fingerprint density at radius 1 is 1.24 bits per heavy atom. The summed E-state index contributed by atoms with van der Waals surface area (Å²) >= 11 is 1.38. The molecule has 5 rings (SSSR count). The van der Waals surface area contributed by atoms with Crippen LogP contribution in [0.1, 0.15) is 54.3 Å². The number of methoxy groups -OCH3 is 1. The van der Waals surface area contributed by atoms with Crippen LogP contribution in [0.25, 0.3) is 0 Å². The summed E-state index contributed by atoms with van der Waals surface area (Å²) in [6.45, 7) is 2.16. The van der Waals surface area contributed by atoms with Gasteiger partial charge in [-0.15, -0.1) is 11.3 Å². The van der Waals surface area contributed by atoms with Gasteiger partial charge in [0.2, 0.25) is 10.0 Å². The number of esters is 1. The number of hydrogen-bond donors (Lipinski definition) is 2. The summed E-state index contributed by atoms with van der Waals surface area (Å²) in [6, 6.07) is 3.85. The maximum absolute atomic E-state index is 14.6. The maximum Gasteiger partial charge on any atom is 0.338 e. The lowest BCUT2D eigenvalue weighted by Crippen LogP contribution is -2.44. The standard InChI is InChI=1S/C29H33FN4O6S2/c1-17-21(4-3-5-22(17)30)25-23(29(37)40-2)24(32-26(33-25)27-31-12-15-41-27)19-10-13-34(14-11-19)42(38,39)16-18-6-8-20(9-7-18)28(35)36/h3-6,12,15,19-20,25H,7-11,13-14,16H2,1-2H3,(H,32,33)(H,35,36)/t20-,25+/m1/s1. The molecule has 1 saturated heterocycles. The third kappa shape index (κ3) is 6.18. The normalized spacial score (nSPS) is 22.3. The lowest BCUT2D eigenvalue weighted by Gasteiger charge is -2.36. The largest absolute Gasteiger partial charge is 0.481 e. The van der Waals surface area contributed by atoms with Crippen molar-refractivity contribution < 1.29 is 32.2 Å². The SMILES string of the molecule is COC(=O)C1=C(C2CCN(S(=O)(=O)CC3=CC[C@@H](C(=O)O)CC3)CC2)NC(c2nccs2)=N[C@H]1c1cccc(F)c1C. The average Bonchev–Trinajstić information content (AvgIpc) is 3.53. The molecule has 13 heteroatoms. The first kappa shape index (κ1) is 30.1. The van der Waals surface area contributed by atoms with E-state index in [2.05, 4.69) is 10.3 Å². The van der Waals surface area contributed by atoms with Crippen LogP contribution in [0.2, 0.25) is 0 Å². The van der Waals surface area contributed by atoms with Crippen molar-refractivity contribution >= 4 is 39.1 Å². The molecule has 0 spiro atoms. The third-order valence-electron chi connectivity index (χ3n) is 8.20. The number of halogens is 1. The predicted molar refractivity (Wildman–Crippen MR) is 156 cm³/mol. The maximum atomic E-state index is 14.6. The summed E-state index contributed by atoms with van der Waals surface area (Å²) in [5, 5.41) is 15.0. The van der Waals surface area contributed by atoms with Gasteiger partial charge >= 0.3 is 11.9 Å². The summed E-state index contributed by atoms with van der Waals surface area (Å²) in [5.41, 5.74) is 2.52. The number of nitrogens with one attached hydrogen (secondary N) is 1. The van der Waals surface area contributed by atoms with Crippen molar-refractivity contribution in [2.45, 2.75) is 45.1 Å². The van der Waals surface area contributed by atoms with Crippen molar-refractivity contribution in [3.05, 3.63) is 74.6 Å². The number of thiazole rings is 1. The number of aliphatic carboxylic acids is 1. The van der Waals surface area contributed by atoms with Gasteiger partial charge in [0.15, 0.2) is 10.8 Å². The number of carbonyl (C=O) groups is 2. The van der Waals surface area contributed by atoms with Crippen molar-refractivity contribution in [3.8, 4) is 0 Å². The topological polar surface area (TPSA) is 138 Å². The molecule has 3 aliphatic rings. The Morgan fingerprint density at radius 3 is 2.62 bits per heavy atom. The number of amidine groups is 1. The number of carbonyl (C=O) groups excluding carboxylic acids is 1. The highest BCUT2D eigenvalue weighted by Gasteiger charge is 2.39. The number of benzene rings is 1. The number of sulfonamides is 1. The first-order valence-electron chi connectivity index (χ1n) is 13.8. The Morgan fingerprint density at radius 2 is 2.00 bits per heavy atom. The number of rotatable bonds is 8. The molecule has 2 aromatic rings. The van der Waals surface area contributed by atoms with E-state index in [1.54, 1.807) is 31.3 Å². The van der Waals surface area contributed by atoms with Crippen molar-refractivity contribution in [3.63, 3.8) is 0 Å². The van der Waals surface area contributed by atoms with Crippen LogP contribution >= 0.6 is 11.3 Å². The smallest absolute Gasteiger partial charge is 0.338 e. The number of carboxylic acids is 1. The second kappa shape index (κ2) is 12.4. The molecule has 2 atom stereocenters. The molecular formula is C29H33FN4O6S2. The Kier molecular flexibility index (Phi) is 8.90. The zero-order valence-electron chi connectivity index (χ0n) is 23.4. The minimum atomic E-state index is -3.60. The summed E-state index contributed by atoms with van der Waals surface area (Å²) in [4.78, 5) is 33.7. The number of hydrogen-bond acceptors (Lipinski definition) is 9. The lowest BCUT2D eigenvalue weighted by atomic mass is 9.85. The minimum absolute atomic E-state index is 0.125. The van der Waals surface area contributed by atoms with Crippen LogP contribution in [0, 0.1) is 24.6 Å². The second-order valence-corrected chi connectivity index (χ2v) is 13.6. The highest BCUT2D eigenvalue weighted by atomic mass is 32.2. The fourth-order valence-corrected chi connectivity index (χ4v) is 8.08. The van der Waals surface area contributed by atoms with Gasteiger partial charge in [0, 0.05) is 36.3 Å². The first-order chi connectivity index (χ1) is 20.1. The Balaban J connectivity index is 1.41. The van der Waals surface area contributed by atoms with E-state index in [4.69, 9.17) is 9.73 Å². The zero-order chi connectivity index (χ0) is 30.0. The van der Waals surface area contributed by atoms with E-state index < -0.39 is 39.7 Å². The molecule has 0 unspecified atom stereocenters. The molecule has 1 aromatic heterocycles. The summed E-state index contributed by atoms with van der Waals surface area (Å²) in [6.07, 6.45) is 5.52. The van der Waals surface area contributed by atoms with Crippen LogP contribution in [0.15, 0.2) is 57.7 Å². The van der Waals surface area contributed by atoms with Crippen LogP contribution in [-0.4, -0.2) is 66.5 Å². The Bertz CT molecular complexity index is 1560. The van der Waals surface area contributed by atoms with E-state index in [-0.39, 0.29) is 30.3 Å². The fraction of sp³-hybridized carbons (Fsp3) is 0.448. The molecule has 2 aliphatic heterocycles. The Hall–Kier alpha value is -3.42. The van der Waals surface area contributed by atoms with Gasteiger partial charge in [-0.3, -0.25) is 9.79 Å². The van der Waals surface area contributed by atoms with E-state index >= 15 is 0 Å². The predicted octanol–water partition coefficient (Wildman–Crippen LogP) is 3.96. The minimum Gasteiger partial charge on any atom is -0.481 e. The van der Waals surface area contributed by atoms with Crippen LogP contribution in [-0.2, 0) is 24.3 Å². The highest BCUT2D eigenvalue weighted by molar-refractivity contribution is 7.89. The van der Waals surface area contributed by atoms with Gasteiger partial charge in [0.1, 0.15) is 11.9 Å².